The van der Waals surface area contributed by atoms with E-state index >= 15 is 0 Å². The van der Waals surface area contributed by atoms with Crippen LogP contribution in [0.4, 0.5) is 0 Å². The summed E-state index contributed by atoms with van der Waals surface area (Å²) in [5.41, 5.74) is 1.90. The summed E-state index contributed by atoms with van der Waals surface area (Å²) in [5.74, 6) is 1.36. The SMILES string of the molecule is O=C(/C=C/c1ccoc1)NCc1ccc(-c2ccsc2)o1. The molecule has 0 saturated heterocycles. The number of thiophene rings is 1. The summed E-state index contributed by atoms with van der Waals surface area (Å²) < 4.78 is 10.6. The lowest BCUT2D eigenvalue weighted by Gasteiger charge is -1.98. The first-order chi connectivity index (χ1) is 10.3. The van der Waals surface area contributed by atoms with E-state index in [1.54, 1.807) is 36.0 Å². The first-order valence-corrected chi connectivity index (χ1v) is 7.35. The van der Waals surface area contributed by atoms with Crippen molar-refractivity contribution in [3.8, 4) is 11.3 Å². The summed E-state index contributed by atoms with van der Waals surface area (Å²) in [4.78, 5) is 11.7. The molecule has 0 atom stereocenters. The van der Waals surface area contributed by atoms with Crippen molar-refractivity contribution in [1.82, 2.24) is 5.32 Å². The smallest absolute Gasteiger partial charge is 0.244 e. The van der Waals surface area contributed by atoms with Crippen LogP contribution in [0.2, 0.25) is 0 Å². The minimum Gasteiger partial charge on any atom is -0.472 e. The molecule has 0 aromatic carbocycles. The van der Waals surface area contributed by atoms with Gasteiger partial charge in [-0.25, -0.2) is 0 Å². The molecule has 1 N–H and O–H groups in total. The van der Waals surface area contributed by atoms with Gasteiger partial charge in [-0.2, -0.15) is 11.3 Å². The van der Waals surface area contributed by atoms with Gasteiger partial charge in [-0.3, -0.25) is 4.79 Å². The molecule has 0 radical (unpaired) electrons. The van der Waals surface area contributed by atoms with Crippen LogP contribution in [0.3, 0.4) is 0 Å². The summed E-state index contributed by atoms with van der Waals surface area (Å²) in [7, 11) is 0. The van der Waals surface area contributed by atoms with Crippen LogP contribution in [-0.2, 0) is 11.3 Å². The van der Waals surface area contributed by atoms with Crippen LogP contribution in [0.15, 0.2) is 62.5 Å². The number of amides is 1. The van der Waals surface area contributed by atoms with Gasteiger partial charge in [0.25, 0.3) is 0 Å². The van der Waals surface area contributed by atoms with E-state index in [-0.39, 0.29) is 5.91 Å². The molecule has 4 nitrogen and oxygen atoms in total. The highest BCUT2D eigenvalue weighted by atomic mass is 32.1. The number of carbonyl (C=O) groups excluding carboxylic acids is 1. The molecule has 3 rings (SSSR count). The van der Waals surface area contributed by atoms with Crippen molar-refractivity contribution in [2.75, 3.05) is 0 Å². The molecule has 106 valence electrons. The maximum atomic E-state index is 11.7. The molecule has 5 heteroatoms. The van der Waals surface area contributed by atoms with E-state index in [4.69, 9.17) is 8.83 Å². The fourth-order valence-electron chi connectivity index (χ4n) is 1.81. The lowest BCUT2D eigenvalue weighted by molar-refractivity contribution is -0.116. The predicted octanol–water partition coefficient (Wildman–Crippen LogP) is 3.93. The van der Waals surface area contributed by atoms with Gasteiger partial charge < -0.3 is 14.2 Å². The van der Waals surface area contributed by atoms with Crippen LogP contribution >= 0.6 is 11.3 Å². The van der Waals surface area contributed by atoms with E-state index in [2.05, 4.69) is 5.32 Å². The summed E-state index contributed by atoms with van der Waals surface area (Å²) in [6.07, 6.45) is 6.29. The van der Waals surface area contributed by atoms with Crippen molar-refractivity contribution < 1.29 is 13.6 Å². The average molecular weight is 299 g/mol. The van der Waals surface area contributed by atoms with Crippen LogP contribution in [-0.4, -0.2) is 5.91 Å². The van der Waals surface area contributed by atoms with Gasteiger partial charge in [-0.05, 0) is 35.7 Å². The highest BCUT2D eigenvalue weighted by Gasteiger charge is 2.05. The first kappa shape index (κ1) is 13.5. The molecule has 21 heavy (non-hydrogen) atoms. The average Bonchev–Trinajstić information content (AvgIpc) is 3.24. The van der Waals surface area contributed by atoms with E-state index in [1.807, 2.05) is 29.0 Å². The fourth-order valence-corrected chi connectivity index (χ4v) is 2.45. The maximum absolute atomic E-state index is 11.7. The van der Waals surface area contributed by atoms with Crippen molar-refractivity contribution in [3.63, 3.8) is 0 Å². The third kappa shape index (κ3) is 3.52. The van der Waals surface area contributed by atoms with E-state index < -0.39 is 0 Å². The molecule has 0 fully saturated rings. The molecule has 0 unspecified atom stereocenters. The van der Waals surface area contributed by atoms with Crippen molar-refractivity contribution >= 4 is 23.3 Å². The monoisotopic (exact) mass is 299 g/mol. The maximum Gasteiger partial charge on any atom is 0.244 e. The van der Waals surface area contributed by atoms with Crippen LogP contribution < -0.4 is 5.32 Å². The molecule has 1 amide bonds. The second-order valence-corrected chi connectivity index (χ2v) is 5.17. The number of carbonyl (C=O) groups is 1. The Hall–Kier alpha value is -2.53. The molecule has 0 aliphatic carbocycles. The Bertz CT molecular complexity index is 724. The zero-order chi connectivity index (χ0) is 14.5. The van der Waals surface area contributed by atoms with Gasteiger partial charge in [0.2, 0.25) is 5.91 Å². The molecular weight excluding hydrogens is 286 g/mol. The Kier molecular flexibility index (Phi) is 4.02. The van der Waals surface area contributed by atoms with Gasteiger partial charge in [0.05, 0.1) is 19.1 Å². The summed E-state index contributed by atoms with van der Waals surface area (Å²) >= 11 is 1.62. The minimum absolute atomic E-state index is 0.176. The predicted molar refractivity (Wildman–Crippen MR) is 81.6 cm³/mol. The molecule has 0 bridgehead atoms. The Morgan fingerprint density at radius 1 is 1.29 bits per heavy atom. The van der Waals surface area contributed by atoms with Gasteiger partial charge in [-0.1, -0.05) is 0 Å². The van der Waals surface area contributed by atoms with E-state index in [0.717, 1.165) is 22.6 Å². The summed E-state index contributed by atoms with van der Waals surface area (Å²) in [6, 6.07) is 7.56. The third-order valence-corrected chi connectivity index (χ3v) is 3.56. The van der Waals surface area contributed by atoms with Crippen molar-refractivity contribution in [2.24, 2.45) is 0 Å². The lowest BCUT2D eigenvalue weighted by atomic mass is 10.3. The highest BCUT2D eigenvalue weighted by molar-refractivity contribution is 7.08. The summed E-state index contributed by atoms with van der Waals surface area (Å²) in [5, 5.41) is 6.80. The molecular formula is C16H13NO3S. The van der Waals surface area contributed by atoms with E-state index in [1.165, 1.54) is 6.08 Å². The van der Waals surface area contributed by atoms with Crippen LogP contribution in [0.25, 0.3) is 17.4 Å². The molecule has 0 spiro atoms. The Morgan fingerprint density at radius 2 is 2.24 bits per heavy atom. The largest absolute Gasteiger partial charge is 0.472 e. The van der Waals surface area contributed by atoms with Crippen LogP contribution in [0.1, 0.15) is 11.3 Å². The lowest BCUT2D eigenvalue weighted by Crippen LogP contribution is -2.19. The van der Waals surface area contributed by atoms with Gasteiger partial charge in [0.15, 0.2) is 0 Å². The topological polar surface area (TPSA) is 55.4 Å². The second-order valence-electron chi connectivity index (χ2n) is 4.39. The van der Waals surface area contributed by atoms with E-state index in [0.29, 0.717) is 6.54 Å². The normalized spacial score (nSPS) is 11.0. The van der Waals surface area contributed by atoms with Crippen molar-refractivity contribution in [2.45, 2.75) is 6.54 Å². The van der Waals surface area contributed by atoms with Gasteiger partial charge in [-0.15, -0.1) is 0 Å². The Balaban J connectivity index is 1.54. The second kappa shape index (κ2) is 6.28. The molecule has 0 saturated carbocycles. The fraction of sp³-hybridized carbons (Fsp3) is 0.0625. The van der Waals surface area contributed by atoms with Crippen LogP contribution in [0, 0.1) is 0 Å². The minimum atomic E-state index is -0.176. The number of hydrogen-bond donors (Lipinski definition) is 1. The molecule has 3 aromatic heterocycles. The summed E-state index contributed by atoms with van der Waals surface area (Å²) in [6.45, 7) is 0.360. The third-order valence-electron chi connectivity index (χ3n) is 2.87. The Labute approximate surface area is 125 Å². The highest BCUT2D eigenvalue weighted by Crippen LogP contribution is 2.24. The number of furan rings is 2. The Morgan fingerprint density at radius 3 is 3.00 bits per heavy atom. The van der Waals surface area contributed by atoms with Crippen molar-refractivity contribution in [1.29, 1.82) is 0 Å². The zero-order valence-corrected chi connectivity index (χ0v) is 11.9. The molecule has 3 aromatic rings. The van der Waals surface area contributed by atoms with Crippen LogP contribution in [0.5, 0.6) is 0 Å². The molecule has 0 aliphatic heterocycles. The standard InChI is InChI=1S/C16H13NO3S/c18-16(4-1-12-5-7-19-10-12)17-9-14-2-3-15(20-14)13-6-8-21-11-13/h1-8,10-11H,9H2,(H,17,18)/b4-1+. The molecule has 0 aliphatic rings. The van der Waals surface area contributed by atoms with Gasteiger partial charge >= 0.3 is 0 Å². The van der Waals surface area contributed by atoms with Gasteiger partial charge in [0.1, 0.15) is 11.5 Å². The quantitative estimate of drug-likeness (QED) is 0.726. The number of hydrogen-bond acceptors (Lipinski definition) is 4. The molecule has 3 heterocycles. The first-order valence-electron chi connectivity index (χ1n) is 6.41. The number of rotatable bonds is 5. The van der Waals surface area contributed by atoms with E-state index in [9.17, 15) is 4.79 Å². The number of nitrogens with one attached hydrogen (secondary N) is 1. The zero-order valence-electron chi connectivity index (χ0n) is 11.1. The van der Waals surface area contributed by atoms with Gasteiger partial charge in [0, 0.05) is 22.6 Å². The van der Waals surface area contributed by atoms with Crippen molar-refractivity contribution in [3.05, 3.63) is 65.0 Å².